The Morgan fingerprint density at radius 1 is 1.50 bits per heavy atom. The standard InChI is InChI=1S/C17H24N2O3/c1-2-13-5-3-4-6-15(13)18-16(21)19-9-14-10-22-8-7-17(14,11-19)12-20/h3-6,14,20H,2,7-12H2,1H3,(H,18,21)/t14-,17-/m1/s1. The molecule has 2 heterocycles. The first-order valence-corrected chi connectivity index (χ1v) is 8.01. The summed E-state index contributed by atoms with van der Waals surface area (Å²) in [6.07, 6.45) is 1.71. The van der Waals surface area contributed by atoms with Gasteiger partial charge >= 0.3 is 6.03 Å². The van der Waals surface area contributed by atoms with E-state index in [0.717, 1.165) is 24.1 Å². The number of aliphatic hydroxyl groups is 1. The molecule has 0 radical (unpaired) electrons. The Labute approximate surface area is 131 Å². The number of anilines is 1. The number of para-hydroxylation sites is 1. The number of likely N-dealkylation sites (tertiary alicyclic amines) is 1. The molecule has 3 rings (SSSR count). The number of benzene rings is 1. The summed E-state index contributed by atoms with van der Waals surface area (Å²) >= 11 is 0. The number of urea groups is 1. The lowest BCUT2D eigenvalue weighted by Crippen LogP contribution is -2.41. The minimum atomic E-state index is -0.181. The van der Waals surface area contributed by atoms with Crippen molar-refractivity contribution in [3.05, 3.63) is 29.8 Å². The summed E-state index contributed by atoms with van der Waals surface area (Å²) in [5, 5.41) is 12.8. The van der Waals surface area contributed by atoms with Crippen LogP contribution in [-0.2, 0) is 11.2 Å². The molecule has 5 heteroatoms. The van der Waals surface area contributed by atoms with Gasteiger partial charge in [0.25, 0.3) is 0 Å². The van der Waals surface area contributed by atoms with Crippen molar-refractivity contribution in [2.75, 3.05) is 38.2 Å². The molecule has 2 saturated heterocycles. The average molecular weight is 304 g/mol. The molecule has 2 N–H and O–H groups in total. The molecular weight excluding hydrogens is 280 g/mol. The van der Waals surface area contributed by atoms with Crippen LogP contribution in [0.15, 0.2) is 24.3 Å². The lowest BCUT2D eigenvalue weighted by molar-refractivity contribution is -0.0415. The van der Waals surface area contributed by atoms with E-state index >= 15 is 0 Å². The topological polar surface area (TPSA) is 61.8 Å². The van der Waals surface area contributed by atoms with Gasteiger partial charge in [0.2, 0.25) is 0 Å². The summed E-state index contributed by atoms with van der Waals surface area (Å²) in [5.74, 6) is 0.235. The maximum Gasteiger partial charge on any atom is 0.321 e. The molecule has 120 valence electrons. The van der Waals surface area contributed by atoms with Gasteiger partial charge in [-0.3, -0.25) is 0 Å². The van der Waals surface area contributed by atoms with Crippen LogP contribution in [0.4, 0.5) is 10.5 Å². The highest BCUT2D eigenvalue weighted by atomic mass is 16.5. The Kier molecular flexibility index (Phi) is 4.36. The van der Waals surface area contributed by atoms with E-state index in [-0.39, 0.29) is 24.0 Å². The van der Waals surface area contributed by atoms with E-state index in [4.69, 9.17) is 4.74 Å². The molecule has 2 aliphatic rings. The number of carbonyl (C=O) groups is 1. The molecule has 0 aliphatic carbocycles. The maximum atomic E-state index is 12.6. The number of fused-ring (bicyclic) bond motifs is 1. The van der Waals surface area contributed by atoms with Crippen LogP contribution in [0.25, 0.3) is 0 Å². The van der Waals surface area contributed by atoms with Gasteiger partial charge in [0, 0.05) is 36.7 Å². The van der Waals surface area contributed by atoms with Gasteiger partial charge in [0.05, 0.1) is 13.2 Å². The Bertz CT molecular complexity index is 548. The molecule has 2 atom stereocenters. The van der Waals surface area contributed by atoms with Crippen molar-refractivity contribution in [1.82, 2.24) is 4.90 Å². The zero-order valence-electron chi connectivity index (χ0n) is 13.0. The fraction of sp³-hybridized carbons (Fsp3) is 0.588. The lowest BCUT2D eigenvalue weighted by Gasteiger charge is -2.36. The number of rotatable bonds is 3. The Morgan fingerprint density at radius 3 is 3.05 bits per heavy atom. The van der Waals surface area contributed by atoms with Crippen LogP contribution in [0.5, 0.6) is 0 Å². The van der Waals surface area contributed by atoms with Crippen LogP contribution in [-0.4, -0.2) is 48.9 Å². The first-order valence-electron chi connectivity index (χ1n) is 8.01. The lowest BCUT2D eigenvalue weighted by atomic mass is 9.75. The number of aryl methyl sites for hydroxylation is 1. The van der Waals surface area contributed by atoms with Gasteiger partial charge in [-0.05, 0) is 24.5 Å². The van der Waals surface area contributed by atoms with Crippen LogP contribution in [0, 0.1) is 11.3 Å². The molecule has 2 aliphatic heterocycles. The van der Waals surface area contributed by atoms with Crippen LogP contribution in [0.1, 0.15) is 18.9 Å². The van der Waals surface area contributed by atoms with Crippen LogP contribution < -0.4 is 5.32 Å². The Morgan fingerprint density at radius 2 is 2.32 bits per heavy atom. The number of aliphatic hydroxyl groups excluding tert-OH is 1. The van der Waals surface area contributed by atoms with Gasteiger partial charge in [0.1, 0.15) is 0 Å². The predicted molar refractivity (Wildman–Crippen MR) is 84.9 cm³/mol. The molecule has 0 unspecified atom stereocenters. The number of nitrogens with zero attached hydrogens (tertiary/aromatic N) is 1. The predicted octanol–water partition coefficient (Wildman–Crippen LogP) is 2.11. The third kappa shape index (κ3) is 2.71. The normalized spacial score (nSPS) is 27.5. The second-order valence-electron chi connectivity index (χ2n) is 6.36. The third-order valence-corrected chi connectivity index (χ3v) is 5.12. The van der Waals surface area contributed by atoms with Crippen molar-refractivity contribution < 1.29 is 14.6 Å². The first kappa shape index (κ1) is 15.3. The zero-order valence-corrected chi connectivity index (χ0v) is 13.0. The highest BCUT2D eigenvalue weighted by Crippen LogP contribution is 2.41. The zero-order chi connectivity index (χ0) is 15.6. The molecule has 0 aromatic heterocycles. The minimum Gasteiger partial charge on any atom is -0.396 e. The van der Waals surface area contributed by atoms with Gasteiger partial charge in [0.15, 0.2) is 0 Å². The number of hydrogen-bond donors (Lipinski definition) is 2. The summed E-state index contributed by atoms with van der Waals surface area (Å²) in [7, 11) is 0. The number of ether oxygens (including phenoxy) is 1. The number of carbonyl (C=O) groups excluding carboxylic acids is 1. The molecule has 1 aromatic rings. The van der Waals surface area contributed by atoms with E-state index in [1.54, 1.807) is 0 Å². The molecule has 2 amide bonds. The molecule has 5 nitrogen and oxygen atoms in total. The van der Waals surface area contributed by atoms with Gasteiger partial charge < -0.3 is 20.1 Å². The largest absolute Gasteiger partial charge is 0.396 e. The number of nitrogens with one attached hydrogen (secondary N) is 1. The molecule has 0 spiro atoms. The van der Waals surface area contributed by atoms with E-state index in [9.17, 15) is 9.90 Å². The summed E-state index contributed by atoms with van der Waals surface area (Å²) in [6, 6.07) is 7.80. The van der Waals surface area contributed by atoms with E-state index in [1.165, 1.54) is 0 Å². The first-order chi connectivity index (χ1) is 10.7. The summed E-state index contributed by atoms with van der Waals surface area (Å²) < 4.78 is 5.52. The second kappa shape index (κ2) is 6.26. The SMILES string of the molecule is CCc1ccccc1NC(=O)N1C[C@@H]2COCC[C@]2(CO)C1. The monoisotopic (exact) mass is 304 g/mol. The Hall–Kier alpha value is -1.59. The fourth-order valence-corrected chi connectivity index (χ4v) is 3.60. The highest BCUT2D eigenvalue weighted by Gasteiger charge is 2.49. The van der Waals surface area contributed by atoms with Crippen molar-refractivity contribution in [2.24, 2.45) is 11.3 Å². The smallest absolute Gasteiger partial charge is 0.321 e. The molecule has 0 saturated carbocycles. The van der Waals surface area contributed by atoms with Crippen LogP contribution in [0.2, 0.25) is 0 Å². The molecule has 0 bridgehead atoms. The van der Waals surface area contributed by atoms with Crippen molar-refractivity contribution in [3.63, 3.8) is 0 Å². The van der Waals surface area contributed by atoms with Crippen molar-refractivity contribution in [3.8, 4) is 0 Å². The fourth-order valence-electron chi connectivity index (χ4n) is 3.60. The molecule has 1 aromatic carbocycles. The summed E-state index contributed by atoms with van der Waals surface area (Å²) in [5.41, 5.74) is 1.83. The number of amides is 2. The average Bonchev–Trinajstić information content (AvgIpc) is 2.95. The van der Waals surface area contributed by atoms with E-state index in [2.05, 4.69) is 12.2 Å². The quantitative estimate of drug-likeness (QED) is 0.899. The van der Waals surface area contributed by atoms with E-state index < -0.39 is 0 Å². The van der Waals surface area contributed by atoms with Crippen LogP contribution in [0.3, 0.4) is 0 Å². The van der Waals surface area contributed by atoms with E-state index in [1.807, 2.05) is 29.2 Å². The van der Waals surface area contributed by atoms with Gasteiger partial charge in [-0.1, -0.05) is 25.1 Å². The number of hydrogen-bond acceptors (Lipinski definition) is 3. The van der Waals surface area contributed by atoms with Crippen LogP contribution >= 0.6 is 0 Å². The second-order valence-corrected chi connectivity index (χ2v) is 6.36. The van der Waals surface area contributed by atoms with Crippen molar-refractivity contribution >= 4 is 11.7 Å². The maximum absolute atomic E-state index is 12.6. The van der Waals surface area contributed by atoms with Crippen molar-refractivity contribution in [1.29, 1.82) is 0 Å². The van der Waals surface area contributed by atoms with E-state index in [0.29, 0.717) is 26.3 Å². The summed E-state index contributed by atoms with van der Waals surface area (Å²) in [4.78, 5) is 14.4. The molecular formula is C17H24N2O3. The van der Waals surface area contributed by atoms with Crippen molar-refractivity contribution in [2.45, 2.75) is 19.8 Å². The Balaban J connectivity index is 1.71. The molecule has 22 heavy (non-hydrogen) atoms. The van der Waals surface area contributed by atoms with Gasteiger partial charge in [-0.15, -0.1) is 0 Å². The summed E-state index contributed by atoms with van der Waals surface area (Å²) in [6.45, 7) is 4.77. The third-order valence-electron chi connectivity index (χ3n) is 5.12. The minimum absolute atomic E-state index is 0.0804. The highest BCUT2D eigenvalue weighted by molar-refractivity contribution is 5.90. The van der Waals surface area contributed by atoms with Gasteiger partial charge in [-0.25, -0.2) is 4.79 Å². The molecule has 2 fully saturated rings. The van der Waals surface area contributed by atoms with Gasteiger partial charge in [-0.2, -0.15) is 0 Å².